The van der Waals surface area contributed by atoms with Gasteiger partial charge in [0.15, 0.2) is 5.79 Å². The molecule has 250 valence electrons. The average Bonchev–Trinajstić information content (AvgIpc) is 3.10. The van der Waals surface area contributed by atoms with Crippen LogP contribution in [0.4, 0.5) is 0 Å². The van der Waals surface area contributed by atoms with Crippen molar-refractivity contribution >= 4 is 5.97 Å². The summed E-state index contributed by atoms with van der Waals surface area (Å²) >= 11 is 0. The van der Waals surface area contributed by atoms with Crippen molar-refractivity contribution in [3.8, 4) is 0 Å². The van der Waals surface area contributed by atoms with E-state index in [4.69, 9.17) is 9.47 Å². The summed E-state index contributed by atoms with van der Waals surface area (Å²) < 4.78 is 12.1. The summed E-state index contributed by atoms with van der Waals surface area (Å²) in [5.41, 5.74) is 2.73. The first kappa shape index (κ1) is 32.1. The lowest BCUT2D eigenvalue weighted by molar-refractivity contribution is -0.267. The van der Waals surface area contributed by atoms with Gasteiger partial charge < -0.3 is 19.7 Å². The number of benzene rings is 1. The fraction of sp³-hybridized carbons (Fsp3) is 0.825. The predicted octanol–water partition coefficient (Wildman–Crippen LogP) is 8.45. The summed E-state index contributed by atoms with van der Waals surface area (Å²) in [5.74, 6) is 0.0914. The minimum absolute atomic E-state index is 0.0209. The van der Waals surface area contributed by atoms with Crippen LogP contribution in [0, 0.1) is 56.2 Å². The molecule has 6 fully saturated rings. The van der Waals surface area contributed by atoms with Gasteiger partial charge in [0.2, 0.25) is 0 Å². The number of carboxylic acids is 1. The molecular formula is C40H60O5. The third-order valence-electron chi connectivity index (χ3n) is 16.9. The number of fused-ring (bicyclic) bond motifs is 7. The smallest absolute Gasteiger partial charge is 0.309 e. The highest BCUT2D eigenvalue weighted by molar-refractivity contribution is 5.74. The van der Waals surface area contributed by atoms with Gasteiger partial charge in [-0.3, -0.25) is 4.79 Å². The summed E-state index contributed by atoms with van der Waals surface area (Å²) in [6.45, 7) is 15.4. The lowest BCUT2D eigenvalue weighted by Gasteiger charge is -2.75. The molecule has 0 radical (unpaired) electrons. The van der Waals surface area contributed by atoms with Crippen LogP contribution in [0.2, 0.25) is 0 Å². The van der Waals surface area contributed by atoms with Crippen LogP contribution in [0.3, 0.4) is 0 Å². The van der Waals surface area contributed by atoms with Gasteiger partial charge in [-0.1, -0.05) is 58.9 Å². The monoisotopic (exact) mass is 620 g/mol. The number of hydrogen-bond acceptors (Lipinski definition) is 4. The molecule has 2 bridgehead atoms. The maximum atomic E-state index is 12.5. The molecule has 0 aromatic heterocycles. The van der Waals surface area contributed by atoms with Crippen molar-refractivity contribution in [1.29, 1.82) is 0 Å². The summed E-state index contributed by atoms with van der Waals surface area (Å²) in [5, 5.41) is 22.3. The van der Waals surface area contributed by atoms with Crippen molar-refractivity contribution in [3.63, 3.8) is 0 Å². The Morgan fingerprint density at radius 2 is 1.47 bits per heavy atom. The molecule has 1 heterocycles. The van der Waals surface area contributed by atoms with Crippen molar-refractivity contribution in [3.05, 3.63) is 35.4 Å². The first-order valence-electron chi connectivity index (χ1n) is 18.3. The molecule has 1 saturated heterocycles. The zero-order valence-electron chi connectivity index (χ0n) is 29.2. The van der Waals surface area contributed by atoms with E-state index in [0.29, 0.717) is 17.8 Å². The van der Waals surface area contributed by atoms with Gasteiger partial charge in [0, 0.05) is 24.9 Å². The van der Waals surface area contributed by atoms with E-state index >= 15 is 0 Å². The molecule has 1 aliphatic heterocycles. The number of methoxy groups -OCH3 is 1. The number of aliphatic carboxylic acids is 1. The zero-order chi connectivity index (χ0) is 32.3. The van der Waals surface area contributed by atoms with E-state index in [0.717, 1.165) is 58.0 Å². The highest BCUT2D eigenvalue weighted by Gasteiger charge is 2.76. The Labute approximate surface area is 272 Å². The van der Waals surface area contributed by atoms with Gasteiger partial charge in [-0.2, -0.15) is 0 Å². The molecule has 5 aliphatic carbocycles. The summed E-state index contributed by atoms with van der Waals surface area (Å²) in [6.07, 6.45) is 13.5. The Balaban J connectivity index is 1.21. The van der Waals surface area contributed by atoms with Crippen LogP contribution in [0.5, 0.6) is 0 Å². The minimum Gasteiger partial charge on any atom is -0.481 e. The molecule has 0 amide bonds. The van der Waals surface area contributed by atoms with Crippen LogP contribution in [-0.4, -0.2) is 41.8 Å². The molecule has 7 rings (SSSR count). The second-order valence-corrected chi connectivity index (χ2v) is 18.3. The van der Waals surface area contributed by atoms with Crippen molar-refractivity contribution in [2.75, 3.05) is 13.7 Å². The highest BCUT2D eigenvalue weighted by Crippen LogP contribution is 2.80. The quantitative estimate of drug-likeness (QED) is 0.334. The zero-order valence-corrected chi connectivity index (χ0v) is 29.2. The van der Waals surface area contributed by atoms with Gasteiger partial charge in [-0.15, -0.1) is 0 Å². The van der Waals surface area contributed by atoms with E-state index in [9.17, 15) is 15.0 Å². The van der Waals surface area contributed by atoms with E-state index in [1.807, 2.05) is 6.92 Å². The van der Waals surface area contributed by atoms with Crippen LogP contribution in [0.25, 0.3) is 0 Å². The molecule has 1 aromatic rings. The predicted molar refractivity (Wildman–Crippen MR) is 177 cm³/mol. The molecule has 2 N–H and O–H groups in total. The first-order valence-corrected chi connectivity index (χ1v) is 18.3. The number of carbonyl (C=O) groups is 1. The maximum absolute atomic E-state index is 12.5. The number of ether oxygens (including phenoxy) is 2. The number of carboxylic acid groups (broad SMARTS) is 1. The molecule has 5 nitrogen and oxygen atoms in total. The molecule has 1 aromatic carbocycles. The topological polar surface area (TPSA) is 76.0 Å². The van der Waals surface area contributed by atoms with Crippen molar-refractivity contribution in [2.45, 2.75) is 137 Å². The largest absolute Gasteiger partial charge is 0.481 e. The van der Waals surface area contributed by atoms with Gasteiger partial charge in [0.1, 0.15) is 0 Å². The average molecular weight is 621 g/mol. The van der Waals surface area contributed by atoms with Gasteiger partial charge >= 0.3 is 5.97 Å². The van der Waals surface area contributed by atoms with Gasteiger partial charge in [0.25, 0.3) is 0 Å². The van der Waals surface area contributed by atoms with E-state index in [2.05, 4.69) is 58.9 Å². The van der Waals surface area contributed by atoms with Gasteiger partial charge in [0.05, 0.1) is 18.1 Å². The molecule has 45 heavy (non-hydrogen) atoms. The van der Waals surface area contributed by atoms with Gasteiger partial charge in [-0.05, 0) is 135 Å². The van der Waals surface area contributed by atoms with E-state index in [1.54, 1.807) is 7.11 Å². The Morgan fingerprint density at radius 1 is 0.844 bits per heavy atom. The second kappa shape index (κ2) is 10.3. The molecule has 1 spiro atoms. The van der Waals surface area contributed by atoms with Crippen LogP contribution >= 0.6 is 0 Å². The normalized spacial score (nSPS) is 51.9. The standard InChI is InChI=1S/C40H60O5/c1-26-39-15-12-29-36(4,20-22-38(6)31-25-35(3,33(41)42)18-17-34(31,2)19-21-37(29,38)5)30(39)13-16-40(26,43)45-32(39)24-28-10-8-27(9-11-28)14-23-44-7/h8-11,26,29-32,43H,12-25H2,1-7H3,(H,41,42)/t26-,29+,30-,31+,32-,34-,35+,36+,37+,38+,39-,40-/m0/s1. The van der Waals surface area contributed by atoms with E-state index in [-0.39, 0.29) is 39.1 Å². The lowest BCUT2D eigenvalue weighted by Crippen LogP contribution is -2.69. The molecule has 0 unspecified atom stereocenters. The Bertz CT molecular complexity index is 1330. The van der Waals surface area contributed by atoms with Crippen LogP contribution < -0.4 is 0 Å². The summed E-state index contributed by atoms with van der Waals surface area (Å²) in [4.78, 5) is 12.5. The van der Waals surface area contributed by atoms with Crippen LogP contribution in [0.15, 0.2) is 24.3 Å². The second-order valence-electron chi connectivity index (χ2n) is 18.3. The fourth-order valence-electron chi connectivity index (χ4n) is 13.8. The van der Waals surface area contributed by atoms with Crippen molar-refractivity contribution in [1.82, 2.24) is 0 Å². The number of hydrogen-bond donors (Lipinski definition) is 2. The SMILES string of the molecule is COCCc1ccc(C[C@@H]2O[C@@]3(O)CC[C@H]4[C@]5(C)CC[C@]6(C)[C@@H]7C[C@](C)(C(=O)O)CC[C@@]7(C)CC[C@]6(C)[C@@H]5CC[C@@]24[C@@H]3C)cc1. The third kappa shape index (κ3) is 4.24. The Hall–Kier alpha value is -1.43. The lowest BCUT2D eigenvalue weighted by atomic mass is 9.29. The van der Waals surface area contributed by atoms with E-state index < -0.39 is 17.2 Å². The van der Waals surface area contributed by atoms with Crippen LogP contribution in [0.1, 0.15) is 123 Å². The first-order chi connectivity index (χ1) is 21.1. The summed E-state index contributed by atoms with van der Waals surface area (Å²) in [7, 11) is 1.75. The fourth-order valence-corrected chi connectivity index (χ4v) is 13.8. The summed E-state index contributed by atoms with van der Waals surface area (Å²) in [6, 6.07) is 9.01. The Kier molecular flexibility index (Phi) is 7.34. The Morgan fingerprint density at radius 3 is 2.16 bits per heavy atom. The number of aliphatic hydroxyl groups is 1. The van der Waals surface area contributed by atoms with E-state index in [1.165, 1.54) is 43.2 Å². The third-order valence-corrected chi connectivity index (χ3v) is 16.9. The maximum Gasteiger partial charge on any atom is 0.309 e. The molecule has 5 heteroatoms. The van der Waals surface area contributed by atoms with Crippen molar-refractivity contribution in [2.24, 2.45) is 56.2 Å². The minimum atomic E-state index is -1.02. The molecular weight excluding hydrogens is 560 g/mol. The molecule has 5 saturated carbocycles. The van der Waals surface area contributed by atoms with Crippen molar-refractivity contribution < 1.29 is 24.5 Å². The highest BCUT2D eigenvalue weighted by atomic mass is 16.6. The molecule has 6 aliphatic rings. The van der Waals surface area contributed by atoms with Gasteiger partial charge in [-0.25, -0.2) is 0 Å². The molecule has 12 atom stereocenters. The van der Waals surface area contributed by atoms with Crippen LogP contribution in [-0.2, 0) is 27.1 Å². The number of rotatable bonds is 6.